The van der Waals surface area contributed by atoms with E-state index in [2.05, 4.69) is 0 Å². The molecule has 0 spiro atoms. The number of carbonyl (C=O) groups excluding carboxylic acids is 1. The quantitative estimate of drug-likeness (QED) is 0.580. The van der Waals surface area contributed by atoms with Gasteiger partial charge in [-0.05, 0) is 18.2 Å². The van der Waals surface area contributed by atoms with Gasteiger partial charge in [-0.15, -0.1) is 11.8 Å². The molecule has 0 aliphatic rings. The Kier molecular flexibility index (Phi) is 3.91. The van der Waals surface area contributed by atoms with Crippen molar-refractivity contribution in [2.75, 3.05) is 0 Å². The standard InChI is InChI=1S/C12H13F3OS/c1-11(2,3)17-10-6-9(12(13,14)15)5-4-8(10)7-16/h4-7H,1-3H3. The number of alkyl halides is 3. The van der Waals surface area contributed by atoms with E-state index < -0.39 is 11.7 Å². The monoisotopic (exact) mass is 262 g/mol. The molecule has 17 heavy (non-hydrogen) atoms. The molecule has 0 bridgehead atoms. The summed E-state index contributed by atoms with van der Waals surface area (Å²) in [5.41, 5.74) is -0.437. The highest BCUT2D eigenvalue weighted by atomic mass is 32.2. The third kappa shape index (κ3) is 4.07. The number of thioether (sulfide) groups is 1. The largest absolute Gasteiger partial charge is 0.416 e. The fraction of sp³-hybridized carbons (Fsp3) is 0.417. The van der Waals surface area contributed by atoms with E-state index in [4.69, 9.17) is 0 Å². The van der Waals surface area contributed by atoms with Crippen molar-refractivity contribution in [2.24, 2.45) is 0 Å². The Bertz CT molecular complexity index is 419. The zero-order valence-electron chi connectivity index (χ0n) is 9.76. The highest BCUT2D eigenvalue weighted by molar-refractivity contribution is 8.00. The highest BCUT2D eigenvalue weighted by Crippen LogP contribution is 2.37. The van der Waals surface area contributed by atoms with Crippen LogP contribution in [0.15, 0.2) is 23.1 Å². The van der Waals surface area contributed by atoms with Crippen molar-refractivity contribution >= 4 is 18.0 Å². The van der Waals surface area contributed by atoms with Gasteiger partial charge >= 0.3 is 6.18 Å². The molecule has 94 valence electrons. The second-order valence-corrected chi connectivity index (χ2v) is 6.45. The van der Waals surface area contributed by atoms with E-state index in [1.54, 1.807) is 0 Å². The molecule has 0 aliphatic carbocycles. The first kappa shape index (κ1) is 14.1. The molecule has 0 heterocycles. The molecule has 0 saturated heterocycles. The van der Waals surface area contributed by atoms with Gasteiger partial charge in [0.15, 0.2) is 6.29 Å². The Morgan fingerprint density at radius 1 is 1.18 bits per heavy atom. The normalized spacial score (nSPS) is 12.6. The van der Waals surface area contributed by atoms with Crippen LogP contribution in [-0.4, -0.2) is 11.0 Å². The van der Waals surface area contributed by atoms with Crippen LogP contribution in [0.3, 0.4) is 0 Å². The molecule has 0 aliphatic heterocycles. The Morgan fingerprint density at radius 2 is 1.76 bits per heavy atom. The van der Waals surface area contributed by atoms with E-state index in [1.807, 2.05) is 20.8 Å². The predicted molar refractivity (Wildman–Crippen MR) is 62.4 cm³/mol. The Morgan fingerprint density at radius 3 is 2.18 bits per heavy atom. The van der Waals surface area contributed by atoms with Crippen molar-refractivity contribution in [2.45, 2.75) is 36.6 Å². The minimum atomic E-state index is -4.38. The van der Waals surface area contributed by atoms with Crippen LogP contribution >= 0.6 is 11.8 Å². The van der Waals surface area contributed by atoms with Crippen molar-refractivity contribution in [1.29, 1.82) is 0 Å². The topological polar surface area (TPSA) is 17.1 Å². The summed E-state index contributed by atoms with van der Waals surface area (Å²) in [6, 6.07) is 3.17. The first-order valence-corrected chi connectivity index (χ1v) is 5.80. The van der Waals surface area contributed by atoms with Crippen molar-refractivity contribution in [3.05, 3.63) is 29.3 Å². The highest BCUT2D eigenvalue weighted by Gasteiger charge is 2.31. The lowest BCUT2D eigenvalue weighted by Gasteiger charge is -2.19. The molecule has 0 aromatic heterocycles. The lowest BCUT2D eigenvalue weighted by atomic mass is 10.1. The van der Waals surface area contributed by atoms with Crippen LogP contribution in [0.5, 0.6) is 0 Å². The number of aldehydes is 1. The smallest absolute Gasteiger partial charge is 0.298 e. The molecule has 1 aromatic carbocycles. The molecule has 1 rings (SSSR count). The van der Waals surface area contributed by atoms with Gasteiger partial charge in [-0.1, -0.05) is 20.8 Å². The maximum absolute atomic E-state index is 12.5. The van der Waals surface area contributed by atoms with Crippen molar-refractivity contribution < 1.29 is 18.0 Å². The Labute approximate surface area is 102 Å². The van der Waals surface area contributed by atoms with Gasteiger partial charge in [0.1, 0.15) is 0 Å². The lowest BCUT2D eigenvalue weighted by molar-refractivity contribution is -0.137. The summed E-state index contributed by atoms with van der Waals surface area (Å²) in [5, 5.41) is 0. The minimum absolute atomic E-state index is 0.248. The number of carbonyl (C=O) groups is 1. The number of hydrogen-bond acceptors (Lipinski definition) is 2. The van der Waals surface area contributed by atoms with Crippen LogP contribution in [0.2, 0.25) is 0 Å². The molecule has 0 unspecified atom stereocenters. The molecule has 0 radical (unpaired) electrons. The van der Waals surface area contributed by atoms with Crippen molar-refractivity contribution in [1.82, 2.24) is 0 Å². The second kappa shape index (κ2) is 4.72. The zero-order valence-corrected chi connectivity index (χ0v) is 10.6. The van der Waals surface area contributed by atoms with Gasteiger partial charge < -0.3 is 0 Å². The molecular formula is C12H13F3OS. The van der Waals surface area contributed by atoms with E-state index in [0.717, 1.165) is 12.1 Å². The summed E-state index contributed by atoms with van der Waals surface area (Å²) in [4.78, 5) is 11.1. The number of benzene rings is 1. The third-order valence-electron chi connectivity index (χ3n) is 1.88. The maximum Gasteiger partial charge on any atom is 0.416 e. The van der Waals surface area contributed by atoms with Crippen LogP contribution < -0.4 is 0 Å². The van der Waals surface area contributed by atoms with Gasteiger partial charge in [-0.3, -0.25) is 4.79 Å². The lowest BCUT2D eigenvalue weighted by Crippen LogP contribution is -2.10. The fourth-order valence-electron chi connectivity index (χ4n) is 1.23. The van der Waals surface area contributed by atoms with E-state index >= 15 is 0 Å². The summed E-state index contributed by atoms with van der Waals surface area (Å²) >= 11 is 1.25. The first-order valence-electron chi connectivity index (χ1n) is 4.99. The maximum atomic E-state index is 12.5. The molecular weight excluding hydrogens is 249 g/mol. The molecule has 0 atom stereocenters. The molecule has 0 N–H and O–H groups in total. The van der Waals surface area contributed by atoms with E-state index in [-0.39, 0.29) is 10.3 Å². The summed E-state index contributed by atoms with van der Waals surface area (Å²) in [5.74, 6) is 0. The van der Waals surface area contributed by atoms with Gasteiger partial charge in [0.25, 0.3) is 0 Å². The summed E-state index contributed by atoms with van der Waals surface area (Å²) < 4.78 is 37.4. The van der Waals surface area contributed by atoms with Crippen LogP contribution in [0.1, 0.15) is 36.7 Å². The van der Waals surface area contributed by atoms with Crippen LogP contribution in [0.4, 0.5) is 13.2 Å². The molecule has 0 fully saturated rings. The van der Waals surface area contributed by atoms with Crippen LogP contribution in [0, 0.1) is 0 Å². The fourth-order valence-corrected chi connectivity index (χ4v) is 2.31. The predicted octanol–water partition coefficient (Wildman–Crippen LogP) is 4.41. The zero-order chi connectivity index (χ0) is 13.3. The summed E-state index contributed by atoms with van der Waals surface area (Å²) in [6.07, 6.45) is -3.80. The van der Waals surface area contributed by atoms with Crippen LogP contribution in [0.25, 0.3) is 0 Å². The number of rotatable bonds is 2. The average molecular weight is 262 g/mol. The second-order valence-electron chi connectivity index (χ2n) is 4.58. The molecule has 5 heteroatoms. The SMILES string of the molecule is CC(C)(C)Sc1cc(C(F)(F)F)ccc1C=O. The minimum Gasteiger partial charge on any atom is -0.298 e. The third-order valence-corrected chi connectivity index (χ3v) is 3.07. The van der Waals surface area contributed by atoms with Gasteiger partial charge in [0.2, 0.25) is 0 Å². The average Bonchev–Trinajstić information content (AvgIpc) is 2.13. The van der Waals surface area contributed by atoms with Crippen LogP contribution in [-0.2, 0) is 6.18 Å². The number of hydrogen-bond donors (Lipinski definition) is 0. The summed E-state index contributed by atoms with van der Waals surface area (Å²) in [6.45, 7) is 5.64. The molecule has 0 amide bonds. The Balaban J connectivity index is 3.20. The first-order chi connectivity index (χ1) is 7.63. The van der Waals surface area contributed by atoms with E-state index in [1.165, 1.54) is 17.8 Å². The van der Waals surface area contributed by atoms with Gasteiger partial charge in [0.05, 0.1) is 5.56 Å². The summed E-state index contributed by atoms with van der Waals surface area (Å²) in [7, 11) is 0. The molecule has 0 saturated carbocycles. The van der Waals surface area contributed by atoms with Gasteiger partial charge in [-0.2, -0.15) is 13.2 Å². The molecule has 1 nitrogen and oxygen atoms in total. The van der Waals surface area contributed by atoms with Gasteiger partial charge in [0, 0.05) is 15.2 Å². The Hall–Kier alpha value is -0.970. The number of halogens is 3. The van der Waals surface area contributed by atoms with Crippen molar-refractivity contribution in [3.63, 3.8) is 0 Å². The van der Waals surface area contributed by atoms with Crippen molar-refractivity contribution in [3.8, 4) is 0 Å². The van der Waals surface area contributed by atoms with E-state index in [0.29, 0.717) is 11.2 Å². The van der Waals surface area contributed by atoms with Gasteiger partial charge in [-0.25, -0.2) is 0 Å². The van der Waals surface area contributed by atoms with E-state index in [9.17, 15) is 18.0 Å². The molecule has 1 aromatic rings.